The van der Waals surface area contributed by atoms with E-state index < -0.39 is 5.91 Å². The lowest BCUT2D eigenvalue weighted by molar-refractivity contribution is 0.0998. The van der Waals surface area contributed by atoms with E-state index in [-0.39, 0.29) is 6.10 Å². The minimum atomic E-state index is -0.507. The number of aryl methyl sites for hydroxylation is 1. The first-order valence-electron chi connectivity index (χ1n) is 11.8. The molecule has 1 aromatic carbocycles. The molecule has 178 valence electrons. The van der Waals surface area contributed by atoms with E-state index in [0.29, 0.717) is 21.6 Å². The van der Waals surface area contributed by atoms with Gasteiger partial charge in [0, 0.05) is 16.7 Å². The molecule has 0 bridgehead atoms. The Kier molecular flexibility index (Phi) is 6.77. The minimum Gasteiger partial charge on any atom is -0.484 e. The van der Waals surface area contributed by atoms with E-state index in [9.17, 15) is 4.79 Å². The summed E-state index contributed by atoms with van der Waals surface area (Å²) in [5.41, 5.74) is 10.2. The molecule has 1 amide bonds. The van der Waals surface area contributed by atoms with Crippen LogP contribution in [0.1, 0.15) is 65.3 Å². The number of nitrogens with two attached hydrogens (primary N) is 1. The summed E-state index contributed by atoms with van der Waals surface area (Å²) in [6, 6.07) is 9.43. The zero-order chi connectivity index (χ0) is 23.7. The zero-order valence-electron chi connectivity index (χ0n) is 19.2. The second-order valence-electron chi connectivity index (χ2n) is 9.09. The topological polar surface area (TPSA) is 82.2 Å². The fourth-order valence-electron chi connectivity index (χ4n) is 4.89. The first kappa shape index (κ1) is 23.1. The van der Waals surface area contributed by atoms with Gasteiger partial charge in [-0.1, -0.05) is 35.4 Å². The fourth-order valence-corrected chi connectivity index (χ4v) is 6.11. The number of hydrogen-bond donors (Lipinski definition) is 2. The summed E-state index contributed by atoms with van der Waals surface area (Å²) >= 11 is 7.67. The lowest BCUT2D eigenvalue weighted by Crippen LogP contribution is -2.30. The third-order valence-corrected chi connectivity index (χ3v) is 8.13. The highest BCUT2D eigenvalue weighted by Crippen LogP contribution is 2.38. The van der Waals surface area contributed by atoms with Gasteiger partial charge in [-0.3, -0.25) is 9.36 Å². The number of allylic oxidation sites excluding steroid dienone is 1. The number of nitrogens with one attached hydrogen (secondary N) is 1. The van der Waals surface area contributed by atoms with E-state index in [1.54, 1.807) is 0 Å². The first-order valence-corrected chi connectivity index (χ1v) is 13.0. The predicted molar refractivity (Wildman–Crippen MR) is 137 cm³/mol. The molecule has 1 aliphatic heterocycles. The van der Waals surface area contributed by atoms with E-state index in [4.69, 9.17) is 22.1 Å². The molecule has 0 saturated carbocycles. The Bertz CT molecular complexity index is 1230. The Morgan fingerprint density at radius 3 is 3.00 bits per heavy atom. The van der Waals surface area contributed by atoms with Gasteiger partial charge < -0.3 is 15.8 Å². The number of piperidine rings is 1. The van der Waals surface area contributed by atoms with Crippen molar-refractivity contribution in [3.63, 3.8) is 0 Å². The summed E-state index contributed by atoms with van der Waals surface area (Å²) in [5, 5.41) is 5.00. The molecule has 6 nitrogen and oxygen atoms in total. The van der Waals surface area contributed by atoms with Crippen molar-refractivity contribution in [3.8, 4) is 10.8 Å². The normalized spacial score (nSPS) is 18.8. The molecule has 2 atom stereocenters. The van der Waals surface area contributed by atoms with Crippen LogP contribution in [0.3, 0.4) is 0 Å². The van der Waals surface area contributed by atoms with Crippen LogP contribution in [0, 0.1) is 5.92 Å². The average Bonchev–Trinajstić information content (AvgIpc) is 3.44. The molecule has 1 fully saturated rings. The molecule has 1 aliphatic carbocycles. The van der Waals surface area contributed by atoms with E-state index in [2.05, 4.69) is 20.9 Å². The van der Waals surface area contributed by atoms with Crippen molar-refractivity contribution >= 4 is 34.9 Å². The summed E-state index contributed by atoms with van der Waals surface area (Å²) in [4.78, 5) is 17.3. The van der Waals surface area contributed by atoms with Crippen LogP contribution in [0.5, 0.6) is 5.75 Å². The molecule has 0 radical (unpaired) electrons. The van der Waals surface area contributed by atoms with Crippen LogP contribution in [0.2, 0.25) is 5.02 Å². The van der Waals surface area contributed by atoms with Gasteiger partial charge in [0.15, 0.2) is 0 Å². The molecule has 2 aromatic heterocycles. The largest absolute Gasteiger partial charge is 0.484 e. The molecule has 8 heteroatoms. The van der Waals surface area contributed by atoms with Gasteiger partial charge in [0.05, 0.1) is 11.4 Å². The van der Waals surface area contributed by atoms with Crippen molar-refractivity contribution in [1.82, 2.24) is 14.9 Å². The van der Waals surface area contributed by atoms with Crippen LogP contribution in [-0.2, 0) is 6.42 Å². The summed E-state index contributed by atoms with van der Waals surface area (Å²) in [7, 11) is 0. The minimum absolute atomic E-state index is 0.332. The highest BCUT2D eigenvalue weighted by atomic mass is 35.5. The number of carbonyl (C=O) groups is 1. The third-order valence-electron chi connectivity index (χ3n) is 6.65. The molecule has 2 aliphatic rings. The Balaban J connectivity index is 1.43. The molecule has 1 unspecified atom stereocenters. The summed E-state index contributed by atoms with van der Waals surface area (Å²) < 4.78 is 8.24. The number of aromatic nitrogens is 2. The van der Waals surface area contributed by atoms with Crippen molar-refractivity contribution in [2.45, 2.75) is 45.1 Å². The fraction of sp³-hybridized carbons (Fsp3) is 0.385. The van der Waals surface area contributed by atoms with Gasteiger partial charge in [0.2, 0.25) is 0 Å². The molecule has 1 saturated heterocycles. The molecule has 5 rings (SSSR count). The third kappa shape index (κ3) is 4.78. The maximum Gasteiger partial charge on any atom is 0.262 e. The van der Waals surface area contributed by atoms with Crippen LogP contribution in [0.15, 0.2) is 42.2 Å². The molecular formula is C26H29ClN4O2S. The number of hydrogen-bond acceptors (Lipinski definition) is 5. The maximum atomic E-state index is 12.2. The van der Waals surface area contributed by atoms with Crippen molar-refractivity contribution in [2.24, 2.45) is 11.7 Å². The van der Waals surface area contributed by atoms with E-state index in [0.717, 1.165) is 54.3 Å². The standard InChI is InChI=1S/C26H29ClN4O2S/c1-16(19-6-2-3-7-20(19)27)33-23-13-24(34-25(23)26(28)32)31-15-30-21-9-8-17(12-22(21)31)11-18-5-4-10-29-14-18/h2-3,6-7,12-13,15-16,18,29H,4-5,8-11,14H2,1H3,(H2,28,32)/t16?,18-/m0/s1. The summed E-state index contributed by atoms with van der Waals surface area (Å²) in [5.74, 6) is 0.663. The number of ether oxygens (including phenoxy) is 1. The van der Waals surface area contributed by atoms with Crippen LogP contribution in [-0.4, -0.2) is 28.5 Å². The molecule has 3 N–H and O–H groups in total. The van der Waals surface area contributed by atoms with E-state index in [1.165, 1.54) is 29.8 Å². The van der Waals surface area contributed by atoms with Gasteiger partial charge in [-0.15, -0.1) is 11.3 Å². The lowest BCUT2D eigenvalue weighted by Gasteiger charge is -2.25. The van der Waals surface area contributed by atoms with E-state index >= 15 is 0 Å². The van der Waals surface area contributed by atoms with Crippen LogP contribution >= 0.6 is 22.9 Å². The summed E-state index contributed by atoms with van der Waals surface area (Å²) in [6.07, 6.45) is 9.45. The quantitative estimate of drug-likeness (QED) is 0.449. The summed E-state index contributed by atoms with van der Waals surface area (Å²) in [6.45, 7) is 4.14. The Hall–Kier alpha value is -2.61. The second kappa shape index (κ2) is 9.94. The number of benzene rings is 1. The van der Waals surface area contributed by atoms with Crippen molar-refractivity contribution in [1.29, 1.82) is 0 Å². The number of halogens is 1. The highest BCUT2D eigenvalue weighted by molar-refractivity contribution is 7.16. The number of nitrogens with zero attached hydrogens (tertiary/aromatic N) is 2. The predicted octanol–water partition coefficient (Wildman–Crippen LogP) is 5.55. The number of amides is 1. The van der Waals surface area contributed by atoms with Crippen molar-refractivity contribution < 1.29 is 9.53 Å². The molecule has 3 aromatic rings. The SMILES string of the molecule is CC(Oc1cc(-n2cnc3c2C=C(C[C@@H]2CCCNC2)CC3)sc1C(N)=O)c1ccccc1Cl. The lowest BCUT2D eigenvalue weighted by atomic mass is 9.87. The van der Waals surface area contributed by atoms with Gasteiger partial charge in [-0.25, -0.2) is 4.98 Å². The second-order valence-corrected chi connectivity index (χ2v) is 10.5. The highest BCUT2D eigenvalue weighted by Gasteiger charge is 2.24. The first-order chi connectivity index (χ1) is 16.5. The number of fused-ring (bicyclic) bond motifs is 1. The number of thiophene rings is 1. The average molecular weight is 497 g/mol. The van der Waals surface area contributed by atoms with Gasteiger partial charge in [-0.05, 0) is 70.2 Å². The van der Waals surface area contributed by atoms with Crippen LogP contribution in [0.25, 0.3) is 11.1 Å². The smallest absolute Gasteiger partial charge is 0.262 e. The van der Waals surface area contributed by atoms with E-state index in [1.807, 2.05) is 43.6 Å². The zero-order valence-corrected chi connectivity index (χ0v) is 20.8. The molecule has 34 heavy (non-hydrogen) atoms. The van der Waals surface area contributed by atoms with Crippen molar-refractivity contribution in [2.75, 3.05) is 13.1 Å². The number of carbonyl (C=O) groups excluding carboxylic acids is 1. The van der Waals surface area contributed by atoms with Gasteiger partial charge >= 0.3 is 0 Å². The van der Waals surface area contributed by atoms with Gasteiger partial charge in [0.25, 0.3) is 5.91 Å². The number of imidazole rings is 1. The molecular weight excluding hydrogens is 468 g/mol. The van der Waals surface area contributed by atoms with Crippen molar-refractivity contribution in [3.05, 3.63) is 69.1 Å². The monoisotopic (exact) mass is 496 g/mol. The molecule has 3 heterocycles. The number of rotatable bonds is 7. The van der Waals surface area contributed by atoms with Crippen LogP contribution < -0.4 is 15.8 Å². The Morgan fingerprint density at radius 1 is 1.38 bits per heavy atom. The Labute approximate surface area is 208 Å². The van der Waals surface area contributed by atoms with Gasteiger partial charge in [0.1, 0.15) is 28.1 Å². The molecule has 0 spiro atoms. The number of primary amides is 1. The Morgan fingerprint density at radius 2 is 2.24 bits per heavy atom. The maximum absolute atomic E-state index is 12.2. The van der Waals surface area contributed by atoms with Gasteiger partial charge in [-0.2, -0.15) is 0 Å². The van der Waals surface area contributed by atoms with Crippen LogP contribution in [0.4, 0.5) is 0 Å².